The fraction of sp³-hybridized carbons (Fsp3) is 0.444. The van der Waals surface area contributed by atoms with E-state index in [0.29, 0.717) is 17.3 Å². The van der Waals surface area contributed by atoms with Crippen molar-refractivity contribution in [1.82, 2.24) is 13.9 Å². The molecule has 0 unspecified atom stereocenters. The summed E-state index contributed by atoms with van der Waals surface area (Å²) >= 11 is 3.17. The highest BCUT2D eigenvalue weighted by molar-refractivity contribution is 9.10. The molecule has 1 saturated heterocycles. The van der Waals surface area contributed by atoms with Crippen LogP contribution in [-0.2, 0) is 14.8 Å². The van der Waals surface area contributed by atoms with Crippen LogP contribution in [0.25, 0.3) is 0 Å². The molecule has 0 spiro atoms. The Kier molecular flexibility index (Phi) is 6.21. The summed E-state index contributed by atoms with van der Waals surface area (Å²) in [5.41, 5.74) is 0.113. The molecule has 0 atom stereocenters. The lowest BCUT2D eigenvalue weighted by Gasteiger charge is -2.30. The van der Waals surface area contributed by atoms with E-state index < -0.39 is 15.8 Å². The van der Waals surface area contributed by atoms with Crippen LogP contribution in [0, 0.1) is 11.7 Å². The van der Waals surface area contributed by atoms with Crippen molar-refractivity contribution < 1.29 is 17.6 Å². The molecule has 10 heteroatoms. The zero-order valence-corrected chi connectivity index (χ0v) is 18.0. The van der Waals surface area contributed by atoms with E-state index in [1.165, 1.54) is 29.0 Å². The molecule has 0 aliphatic carbocycles. The van der Waals surface area contributed by atoms with Gasteiger partial charge in [-0.2, -0.15) is 4.31 Å². The average molecular weight is 473 g/mol. The maximum Gasteiger partial charge on any atom is 0.262 e. The number of imidazole rings is 1. The highest BCUT2D eigenvalue weighted by atomic mass is 79.9. The predicted octanol–water partition coefficient (Wildman–Crippen LogP) is 3.41. The highest BCUT2D eigenvalue weighted by Crippen LogP contribution is 2.26. The fourth-order valence-electron chi connectivity index (χ4n) is 3.05. The number of nitrogens with zero attached hydrogens (tertiary/aromatic N) is 3. The van der Waals surface area contributed by atoms with Crippen LogP contribution in [-0.4, -0.2) is 41.3 Å². The number of hydrogen-bond acceptors (Lipinski definition) is 4. The summed E-state index contributed by atoms with van der Waals surface area (Å²) in [5, 5.41) is 2.60. The highest BCUT2D eigenvalue weighted by Gasteiger charge is 2.33. The van der Waals surface area contributed by atoms with Gasteiger partial charge in [0.15, 0.2) is 5.03 Å². The maximum absolute atomic E-state index is 13.9. The van der Waals surface area contributed by atoms with Gasteiger partial charge in [0, 0.05) is 35.7 Å². The van der Waals surface area contributed by atoms with Gasteiger partial charge in [-0.05, 0) is 44.9 Å². The number of aromatic nitrogens is 2. The summed E-state index contributed by atoms with van der Waals surface area (Å²) < 4.78 is 43.1. The fourth-order valence-corrected chi connectivity index (χ4v) is 4.77. The van der Waals surface area contributed by atoms with Crippen LogP contribution in [0.4, 0.5) is 10.1 Å². The number of piperidine rings is 1. The van der Waals surface area contributed by atoms with Gasteiger partial charge >= 0.3 is 0 Å². The Hall–Kier alpha value is -1.78. The lowest BCUT2D eigenvalue weighted by atomic mass is 9.97. The number of nitrogens with one attached hydrogen (secondary N) is 1. The molecule has 1 aromatic heterocycles. The van der Waals surface area contributed by atoms with Crippen LogP contribution in [0.15, 0.2) is 40.2 Å². The summed E-state index contributed by atoms with van der Waals surface area (Å²) in [6.07, 6.45) is 3.77. The average Bonchev–Trinajstić information content (AvgIpc) is 3.15. The van der Waals surface area contributed by atoms with Crippen LogP contribution in [0.2, 0.25) is 0 Å². The molecule has 1 aliphatic rings. The van der Waals surface area contributed by atoms with Gasteiger partial charge < -0.3 is 9.88 Å². The van der Waals surface area contributed by atoms with Gasteiger partial charge in [0.2, 0.25) is 5.91 Å². The van der Waals surface area contributed by atoms with E-state index in [9.17, 15) is 17.6 Å². The molecule has 2 aromatic rings. The van der Waals surface area contributed by atoms with Gasteiger partial charge in [0.1, 0.15) is 5.82 Å². The first-order valence-corrected chi connectivity index (χ1v) is 11.2. The first kappa shape index (κ1) is 20.9. The smallest absolute Gasteiger partial charge is 0.262 e. The van der Waals surface area contributed by atoms with Gasteiger partial charge in [-0.25, -0.2) is 17.8 Å². The molecule has 3 rings (SSSR count). The predicted molar refractivity (Wildman–Crippen MR) is 107 cm³/mol. The molecule has 0 bridgehead atoms. The van der Waals surface area contributed by atoms with Crippen molar-refractivity contribution in [3.05, 3.63) is 41.0 Å². The van der Waals surface area contributed by atoms with E-state index in [0.717, 1.165) is 0 Å². The van der Waals surface area contributed by atoms with Crippen molar-refractivity contribution in [1.29, 1.82) is 0 Å². The third-order valence-corrected chi connectivity index (χ3v) is 7.07. The molecule has 1 fully saturated rings. The molecule has 1 amide bonds. The molecule has 0 radical (unpaired) electrons. The lowest BCUT2D eigenvalue weighted by molar-refractivity contribution is -0.120. The monoisotopic (exact) mass is 472 g/mol. The van der Waals surface area contributed by atoms with Gasteiger partial charge in [0.25, 0.3) is 10.0 Å². The normalized spacial score (nSPS) is 16.5. The van der Waals surface area contributed by atoms with Gasteiger partial charge in [-0.3, -0.25) is 4.79 Å². The topological polar surface area (TPSA) is 84.3 Å². The Balaban J connectivity index is 1.62. The van der Waals surface area contributed by atoms with E-state index in [4.69, 9.17) is 0 Å². The van der Waals surface area contributed by atoms with Crippen molar-refractivity contribution in [3.8, 4) is 0 Å². The van der Waals surface area contributed by atoms with Gasteiger partial charge in [-0.1, -0.05) is 15.9 Å². The number of benzene rings is 1. The molecule has 7 nitrogen and oxygen atoms in total. The van der Waals surface area contributed by atoms with E-state index in [1.807, 2.05) is 13.8 Å². The zero-order valence-electron chi connectivity index (χ0n) is 15.6. The minimum atomic E-state index is -3.69. The molecule has 1 N–H and O–H groups in total. The van der Waals surface area contributed by atoms with Crippen molar-refractivity contribution >= 4 is 37.5 Å². The summed E-state index contributed by atoms with van der Waals surface area (Å²) in [7, 11) is -3.69. The number of rotatable bonds is 5. The Bertz CT molecular complexity index is 969. The number of halogens is 2. The summed E-state index contributed by atoms with van der Waals surface area (Å²) in [5.74, 6) is -1.20. The van der Waals surface area contributed by atoms with Crippen molar-refractivity contribution in [2.45, 2.75) is 37.8 Å². The molecule has 2 heterocycles. The van der Waals surface area contributed by atoms with E-state index >= 15 is 0 Å². The summed E-state index contributed by atoms with van der Waals surface area (Å²) in [6, 6.07) is 4.53. The Morgan fingerprint density at radius 1 is 1.32 bits per heavy atom. The van der Waals surface area contributed by atoms with E-state index in [2.05, 4.69) is 26.2 Å². The van der Waals surface area contributed by atoms with Crippen molar-refractivity contribution in [3.63, 3.8) is 0 Å². The third-order valence-electron chi connectivity index (χ3n) is 4.79. The van der Waals surface area contributed by atoms with E-state index in [1.54, 1.807) is 10.6 Å². The van der Waals surface area contributed by atoms with Gasteiger partial charge in [-0.15, -0.1) is 0 Å². The molecule has 0 saturated carbocycles. The van der Waals surface area contributed by atoms with Crippen LogP contribution in [0.3, 0.4) is 0 Å². The molecule has 1 aliphatic heterocycles. The number of anilines is 1. The first-order chi connectivity index (χ1) is 13.2. The van der Waals surface area contributed by atoms with E-state index in [-0.39, 0.29) is 41.7 Å². The largest absolute Gasteiger partial charge is 0.334 e. The Morgan fingerprint density at radius 3 is 2.57 bits per heavy atom. The second-order valence-corrected chi connectivity index (χ2v) is 9.85. The summed E-state index contributed by atoms with van der Waals surface area (Å²) in [4.78, 5) is 16.5. The number of hydrogen-bond donors (Lipinski definition) is 1. The Labute approximate surface area is 172 Å². The molecule has 1 aromatic carbocycles. The number of sulfonamides is 1. The van der Waals surface area contributed by atoms with Crippen LogP contribution >= 0.6 is 15.9 Å². The second-order valence-electron chi connectivity index (χ2n) is 7.04. The zero-order chi connectivity index (χ0) is 20.5. The minimum Gasteiger partial charge on any atom is -0.334 e. The molecular weight excluding hydrogens is 451 g/mol. The standard InChI is InChI=1S/C18H22BrFN4O3S/c1-12(2)23-10-17(21-11-23)28(26,27)24-7-5-13(6-8-24)18(25)22-16-4-3-14(19)9-15(16)20/h3-4,9-13H,5-8H2,1-2H3,(H,22,25). The Morgan fingerprint density at radius 2 is 2.00 bits per heavy atom. The second kappa shape index (κ2) is 8.30. The van der Waals surface area contributed by atoms with Gasteiger partial charge in [0.05, 0.1) is 12.0 Å². The van der Waals surface area contributed by atoms with Crippen molar-refractivity contribution in [2.24, 2.45) is 5.92 Å². The van der Waals surface area contributed by atoms with Crippen LogP contribution in [0.5, 0.6) is 0 Å². The third kappa shape index (κ3) is 4.44. The quantitative estimate of drug-likeness (QED) is 0.722. The first-order valence-electron chi connectivity index (χ1n) is 8.98. The number of carbonyl (C=O) groups excluding carboxylic acids is 1. The van der Waals surface area contributed by atoms with Crippen molar-refractivity contribution in [2.75, 3.05) is 18.4 Å². The summed E-state index contributed by atoms with van der Waals surface area (Å²) in [6.45, 7) is 4.32. The molecule has 152 valence electrons. The number of carbonyl (C=O) groups is 1. The SMILES string of the molecule is CC(C)n1cnc(S(=O)(=O)N2CCC(C(=O)Nc3ccc(Br)cc3F)CC2)c1. The minimum absolute atomic E-state index is 0.0148. The lowest BCUT2D eigenvalue weighted by Crippen LogP contribution is -2.41. The molecular formula is C18H22BrFN4O3S. The molecule has 28 heavy (non-hydrogen) atoms. The maximum atomic E-state index is 13.9. The number of amides is 1. The van der Waals surface area contributed by atoms with Crippen LogP contribution in [0.1, 0.15) is 32.7 Å². The van der Waals surface area contributed by atoms with Crippen LogP contribution < -0.4 is 5.32 Å².